The van der Waals surface area contributed by atoms with E-state index in [2.05, 4.69) is 48.0 Å². The van der Waals surface area contributed by atoms with Crippen LogP contribution in [0.15, 0.2) is 45.7 Å². The predicted molar refractivity (Wildman–Crippen MR) is 111 cm³/mol. The minimum absolute atomic E-state index is 0.0817. The molecule has 146 valence electrons. The van der Waals surface area contributed by atoms with Crippen molar-refractivity contribution in [3.63, 3.8) is 0 Å². The van der Waals surface area contributed by atoms with Crippen molar-refractivity contribution in [1.82, 2.24) is 15.0 Å². The van der Waals surface area contributed by atoms with Crippen molar-refractivity contribution in [3.8, 4) is 0 Å². The van der Waals surface area contributed by atoms with Crippen LogP contribution in [0.1, 0.15) is 57.6 Å². The highest BCUT2D eigenvalue weighted by molar-refractivity contribution is 7.99. The van der Waals surface area contributed by atoms with E-state index in [9.17, 15) is 9.59 Å². The van der Waals surface area contributed by atoms with Crippen LogP contribution < -0.4 is 10.9 Å². The van der Waals surface area contributed by atoms with Gasteiger partial charge in [0.25, 0.3) is 5.56 Å². The Hall–Kier alpha value is -2.41. The third-order valence-corrected chi connectivity index (χ3v) is 5.95. The van der Waals surface area contributed by atoms with E-state index in [1.54, 1.807) is 12.4 Å². The van der Waals surface area contributed by atoms with Crippen LogP contribution in [-0.4, -0.2) is 26.0 Å². The number of H-pyrrole nitrogens is 1. The molecule has 0 saturated carbocycles. The van der Waals surface area contributed by atoms with Gasteiger partial charge in [-0.15, -0.1) is 0 Å². The second-order valence-electron chi connectivity index (χ2n) is 8.48. The first-order valence-electron chi connectivity index (χ1n) is 9.49. The molecule has 3 heterocycles. The number of anilines is 1. The molecular weight excluding hydrogens is 372 g/mol. The molecule has 4 rings (SSSR count). The van der Waals surface area contributed by atoms with E-state index in [1.165, 1.54) is 11.8 Å². The largest absolute Gasteiger partial charge is 0.343 e. The fraction of sp³-hybridized carbons (Fsp3) is 0.429. The van der Waals surface area contributed by atoms with Crippen LogP contribution in [0.3, 0.4) is 0 Å². The zero-order valence-corrected chi connectivity index (χ0v) is 17.3. The van der Waals surface area contributed by atoms with Gasteiger partial charge in [0, 0.05) is 41.3 Å². The number of fused-ring (bicyclic) bond motifs is 1. The number of nitrogens with zero attached hydrogens (tertiary/aromatic N) is 2. The number of hydrogen-bond acceptors (Lipinski definition) is 6. The molecular formula is C21H24N4O2S. The SMILES string of the molecule is CC(C)Sc1nc2c(c(=O)[nH]1)[C@@H](c1cccnc1)C1=C(CC(C)(C)CC1=O)N2. The van der Waals surface area contributed by atoms with Gasteiger partial charge in [-0.3, -0.25) is 14.6 Å². The minimum Gasteiger partial charge on any atom is -0.343 e. The summed E-state index contributed by atoms with van der Waals surface area (Å²) < 4.78 is 0. The Morgan fingerprint density at radius 2 is 2.04 bits per heavy atom. The van der Waals surface area contributed by atoms with Crippen molar-refractivity contribution in [2.24, 2.45) is 5.41 Å². The Kier molecular flexibility index (Phi) is 4.65. The quantitative estimate of drug-likeness (QED) is 0.605. The smallest absolute Gasteiger partial charge is 0.257 e. The van der Waals surface area contributed by atoms with Crippen molar-refractivity contribution < 1.29 is 4.79 Å². The van der Waals surface area contributed by atoms with Gasteiger partial charge >= 0.3 is 0 Å². The van der Waals surface area contributed by atoms with Crippen LogP contribution >= 0.6 is 11.8 Å². The topological polar surface area (TPSA) is 87.7 Å². The summed E-state index contributed by atoms with van der Waals surface area (Å²) in [7, 11) is 0. The maximum absolute atomic E-state index is 13.1. The molecule has 2 aromatic rings. The van der Waals surface area contributed by atoms with E-state index >= 15 is 0 Å². The van der Waals surface area contributed by atoms with Crippen molar-refractivity contribution in [1.29, 1.82) is 0 Å². The van der Waals surface area contributed by atoms with Gasteiger partial charge in [-0.05, 0) is 23.5 Å². The zero-order chi connectivity index (χ0) is 20.1. The van der Waals surface area contributed by atoms with Gasteiger partial charge < -0.3 is 10.3 Å². The molecule has 2 aromatic heterocycles. The molecule has 1 aliphatic heterocycles. The lowest BCUT2D eigenvalue weighted by molar-refractivity contribution is -0.118. The summed E-state index contributed by atoms with van der Waals surface area (Å²) >= 11 is 1.51. The lowest BCUT2D eigenvalue weighted by Crippen LogP contribution is -2.37. The molecule has 0 bridgehead atoms. The molecule has 7 heteroatoms. The fourth-order valence-electron chi connectivity index (χ4n) is 4.05. The first kappa shape index (κ1) is 18.9. The lowest BCUT2D eigenvalue weighted by atomic mass is 9.69. The number of thioether (sulfide) groups is 1. The Bertz CT molecular complexity index is 1020. The lowest BCUT2D eigenvalue weighted by Gasteiger charge is -2.38. The van der Waals surface area contributed by atoms with Crippen molar-refractivity contribution in [2.75, 3.05) is 5.32 Å². The minimum atomic E-state index is -0.446. The zero-order valence-electron chi connectivity index (χ0n) is 16.5. The maximum Gasteiger partial charge on any atom is 0.257 e. The summed E-state index contributed by atoms with van der Waals surface area (Å²) in [5.74, 6) is 0.182. The number of allylic oxidation sites excluding steroid dienone is 2. The van der Waals surface area contributed by atoms with Gasteiger partial charge in [0.15, 0.2) is 10.9 Å². The molecule has 0 saturated heterocycles. The molecule has 0 amide bonds. The van der Waals surface area contributed by atoms with Crippen LogP contribution in [0.4, 0.5) is 5.82 Å². The second kappa shape index (κ2) is 6.88. The van der Waals surface area contributed by atoms with Gasteiger partial charge in [-0.2, -0.15) is 0 Å². The van der Waals surface area contributed by atoms with Crippen LogP contribution in [0.2, 0.25) is 0 Å². The van der Waals surface area contributed by atoms with Gasteiger partial charge in [-0.1, -0.05) is 45.5 Å². The highest BCUT2D eigenvalue weighted by Gasteiger charge is 2.42. The van der Waals surface area contributed by atoms with E-state index in [-0.39, 0.29) is 16.8 Å². The third kappa shape index (κ3) is 3.39. The van der Waals surface area contributed by atoms with Crippen molar-refractivity contribution in [2.45, 2.75) is 56.9 Å². The maximum atomic E-state index is 13.1. The molecule has 0 unspecified atom stereocenters. The first-order chi connectivity index (χ1) is 13.2. The molecule has 0 spiro atoms. The molecule has 0 aromatic carbocycles. The molecule has 0 radical (unpaired) electrons. The van der Waals surface area contributed by atoms with E-state index in [4.69, 9.17) is 0 Å². The number of carbonyl (C=O) groups is 1. The third-order valence-electron chi connectivity index (χ3n) is 5.07. The molecule has 2 aliphatic rings. The Morgan fingerprint density at radius 3 is 2.71 bits per heavy atom. The molecule has 28 heavy (non-hydrogen) atoms. The molecule has 6 nitrogen and oxygen atoms in total. The number of nitrogens with one attached hydrogen (secondary N) is 2. The standard InChI is InChI=1S/C21H24N4O2S/c1-11(2)28-20-24-18-17(19(27)25-20)15(12-6-5-7-22-10-12)16-13(23-18)8-21(3,4)9-14(16)26/h5-7,10-11,15H,8-9H2,1-4H3,(H2,23,24,25,27)/t15-/m0/s1. The summed E-state index contributed by atoms with van der Waals surface area (Å²) in [6.07, 6.45) is 4.63. The monoisotopic (exact) mass is 396 g/mol. The summed E-state index contributed by atoms with van der Waals surface area (Å²) in [4.78, 5) is 38.0. The van der Waals surface area contributed by atoms with Gasteiger partial charge in [0.05, 0.1) is 5.56 Å². The van der Waals surface area contributed by atoms with E-state index in [1.807, 2.05) is 12.1 Å². The summed E-state index contributed by atoms with van der Waals surface area (Å²) in [6, 6.07) is 3.75. The van der Waals surface area contributed by atoms with Gasteiger partial charge in [0.1, 0.15) is 5.82 Å². The number of carbonyl (C=O) groups excluding carboxylic acids is 1. The van der Waals surface area contributed by atoms with Crippen molar-refractivity contribution >= 4 is 23.4 Å². The van der Waals surface area contributed by atoms with Gasteiger partial charge in [-0.25, -0.2) is 4.98 Å². The van der Waals surface area contributed by atoms with Gasteiger partial charge in [0.2, 0.25) is 0 Å². The number of pyridine rings is 1. The van der Waals surface area contributed by atoms with Crippen LogP contribution in [0, 0.1) is 5.41 Å². The molecule has 1 atom stereocenters. The highest BCUT2D eigenvalue weighted by atomic mass is 32.2. The number of hydrogen-bond donors (Lipinski definition) is 2. The Morgan fingerprint density at radius 1 is 1.25 bits per heavy atom. The van der Waals surface area contributed by atoms with Crippen molar-refractivity contribution in [3.05, 3.63) is 57.3 Å². The summed E-state index contributed by atoms with van der Waals surface area (Å²) in [5, 5.41) is 4.21. The van der Waals surface area contributed by atoms with E-state index in [0.717, 1.165) is 17.7 Å². The number of rotatable bonds is 3. The average molecular weight is 397 g/mol. The first-order valence-corrected chi connectivity index (χ1v) is 10.4. The normalized spacial score (nSPS) is 20.6. The number of ketones is 1. The van der Waals surface area contributed by atoms with E-state index in [0.29, 0.717) is 33.8 Å². The number of aromatic amines is 1. The summed E-state index contributed by atoms with van der Waals surface area (Å²) in [6.45, 7) is 8.30. The summed E-state index contributed by atoms with van der Waals surface area (Å²) in [5.41, 5.74) is 2.54. The second-order valence-corrected chi connectivity index (χ2v) is 10.0. The highest BCUT2D eigenvalue weighted by Crippen LogP contribution is 2.47. The number of aromatic nitrogens is 3. The fourth-order valence-corrected chi connectivity index (χ4v) is 4.79. The molecule has 2 N–H and O–H groups in total. The predicted octanol–water partition coefficient (Wildman–Crippen LogP) is 3.87. The van der Waals surface area contributed by atoms with Crippen LogP contribution in [0.25, 0.3) is 0 Å². The van der Waals surface area contributed by atoms with E-state index < -0.39 is 5.92 Å². The van der Waals surface area contributed by atoms with Crippen LogP contribution in [0.5, 0.6) is 0 Å². The Balaban J connectivity index is 1.93. The number of Topliss-reactive ketones (excluding diaryl/α,β-unsaturated/α-hetero) is 1. The molecule has 0 fully saturated rings. The van der Waals surface area contributed by atoms with Crippen LogP contribution in [-0.2, 0) is 4.79 Å². The Labute approximate surface area is 168 Å². The average Bonchev–Trinajstić information content (AvgIpc) is 2.59. The molecule has 1 aliphatic carbocycles.